The standard InChI is InChI=1S/C42H68O9/c1-11-20-27(2)23-29(4)39(47)33(8)41-31(6)35(49-10)26-42(51-41)36(43)24-30(5)40(50-42)32(7)38(46)28(3)21-18-16-14-12-13-15-17-19-22-34(48-9)25-37(44)45/h12-22,28-36,38-41,43,46-47H,11,23-26H2,1-10H3,(H,44,45)/b13-12-,16-14+,17-15-,21-18-,22-19-,27-20+/t28-,29-,30-,31+,32-,33+,34+,35+,36-,38-,39-,40-,41-,42+/m0/s1. The van der Waals surface area contributed by atoms with E-state index in [4.69, 9.17) is 24.1 Å². The van der Waals surface area contributed by atoms with Gasteiger partial charge in [-0.15, -0.1) is 0 Å². The molecule has 2 heterocycles. The minimum Gasteiger partial charge on any atom is -0.481 e. The Morgan fingerprint density at radius 1 is 0.863 bits per heavy atom. The van der Waals surface area contributed by atoms with Crippen LogP contribution in [-0.2, 0) is 23.7 Å². The van der Waals surface area contributed by atoms with Crippen molar-refractivity contribution in [1.82, 2.24) is 0 Å². The van der Waals surface area contributed by atoms with Crippen LogP contribution < -0.4 is 0 Å². The Morgan fingerprint density at radius 2 is 1.41 bits per heavy atom. The maximum atomic E-state index is 11.5. The topological polar surface area (TPSA) is 135 Å². The maximum Gasteiger partial charge on any atom is 0.306 e. The van der Waals surface area contributed by atoms with Crippen molar-refractivity contribution in [3.63, 3.8) is 0 Å². The molecule has 0 aromatic rings. The molecule has 0 aromatic heterocycles. The molecule has 0 amide bonds. The molecule has 1 spiro atoms. The van der Waals surface area contributed by atoms with E-state index in [0.29, 0.717) is 12.8 Å². The van der Waals surface area contributed by atoms with Crippen LogP contribution in [0, 0.1) is 35.5 Å². The molecule has 290 valence electrons. The fraction of sp³-hybridized carbons (Fsp3) is 0.690. The summed E-state index contributed by atoms with van der Waals surface area (Å²) in [7, 11) is 3.16. The molecule has 2 aliphatic heterocycles. The van der Waals surface area contributed by atoms with Gasteiger partial charge in [-0.2, -0.15) is 0 Å². The second-order valence-corrected chi connectivity index (χ2v) is 15.0. The average Bonchev–Trinajstić information content (AvgIpc) is 3.09. The molecule has 0 bridgehead atoms. The highest BCUT2D eigenvalue weighted by molar-refractivity contribution is 5.67. The Morgan fingerprint density at radius 3 is 1.96 bits per heavy atom. The third-order valence-electron chi connectivity index (χ3n) is 10.9. The zero-order chi connectivity index (χ0) is 38.3. The van der Waals surface area contributed by atoms with Gasteiger partial charge in [-0.25, -0.2) is 0 Å². The van der Waals surface area contributed by atoms with Gasteiger partial charge >= 0.3 is 5.97 Å². The van der Waals surface area contributed by atoms with Crippen LogP contribution >= 0.6 is 0 Å². The van der Waals surface area contributed by atoms with Crippen LogP contribution in [0.4, 0.5) is 0 Å². The Balaban J connectivity index is 2.10. The molecule has 2 saturated heterocycles. The number of rotatable bonds is 19. The number of carboxylic acid groups (broad SMARTS) is 1. The van der Waals surface area contributed by atoms with Gasteiger partial charge in [0.1, 0.15) is 6.10 Å². The maximum absolute atomic E-state index is 11.5. The predicted molar refractivity (Wildman–Crippen MR) is 203 cm³/mol. The van der Waals surface area contributed by atoms with Gasteiger partial charge in [0.15, 0.2) is 5.79 Å². The summed E-state index contributed by atoms with van der Waals surface area (Å²) in [5.74, 6) is -2.87. The molecule has 9 heteroatoms. The summed E-state index contributed by atoms with van der Waals surface area (Å²) >= 11 is 0. The smallest absolute Gasteiger partial charge is 0.306 e. The molecule has 2 rings (SSSR count). The number of aliphatic carboxylic acids is 1. The first-order chi connectivity index (χ1) is 24.1. The Labute approximate surface area is 307 Å². The van der Waals surface area contributed by atoms with E-state index in [1.54, 1.807) is 25.3 Å². The monoisotopic (exact) mass is 716 g/mol. The molecule has 0 radical (unpaired) electrons. The van der Waals surface area contributed by atoms with Gasteiger partial charge in [-0.3, -0.25) is 4.79 Å². The van der Waals surface area contributed by atoms with Crippen molar-refractivity contribution >= 4 is 5.97 Å². The summed E-state index contributed by atoms with van der Waals surface area (Å²) in [5, 5.41) is 43.4. The summed E-state index contributed by atoms with van der Waals surface area (Å²) in [4.78, 5) is 10.8. The lowest BCUT2D eigenvalue weighted by molar-refractivity contribution is -0.391. The molecule has 0 aliphatic carbocycles. The minimum atomic E-state index is -1.30. The lowest BCUT2D eigenvalue weighted by atomic mass is 9.74. The van der Waals surface area contributed by atoms with Crippen molar-refractivity contribution in [1.29, 1.82) is 0 Å². The highest BCUT2D eigenvalue weighted by Gasteiger charge is 2.57. The molecular formula is C42H68O9. The number of carbonyl (C=O) groups is 1. The van der Waals surface area contributed by atoms with Gasteiger partial charge in [0, 0.05) is 44.3 Å². The second kappa shape index (κ2) is 22.0. The molecule has 51 heavy (non-hydrogen) atoms. The van der Waals surface area contributed by atoms with Crippen LogP contribution in [0.2, 0.25) is 0 Å². The fourth-order valence-electron chi connectivity index (χ4n) is 7.73. The van der Waals surface area contributed by atoms with Crippen LogP contribution in [0.25, 0.3) is 0 Å². The quantitative estimate of drug-likeness (QED) is 0.0809. The van der Waals surface area contributed by atoms with E-state index < -0.39 is 42.3 Å². The van der Waals surface area contributed by atoms with Gasteiger partial charge in [0.05, 0.1) is 43.0 Å². The van der Waals surface area contributed by atoms with Crippen LogP contribution in [0.3, 0.4) is 0 Å². The molecule has 2 fully saturated rings. The number of methoxy groups -OCH3 is 2. The zero-order valence-corrected chi connectivity index (χ0v) is 32.7. The number of aliphatic hydroxyl groups excluding tert-OH is 3. The molecule has 0 saturated carbocycles. The van der Waals surface area contributed by atoms with Crippen LogP contribution in [0.15, 0.2) is 72.4 Å². The highest BCUT2D eigenvalue weighted by atomic mass is 16.7. The SMILES string of the molecule is CC/C=C(\C)C[C@H](C)[C@H](O)[C@@H](C)[C@H]1O[C@@]2(C[C@@H](OC)[C@H]1C)O[C@H]([C@@H](C)[C@@H](O)[C@@H](C)\C=C/C=C/C=C\C=C/C=C\[C@H](CC(=O)O)OC)[C@@H](C)C[C@@H]2O. The minimum absolute atomic E-state index is 0.0179. The molecule has 0 aromatic carbocycles. The van der Waals surface area contributed by atoms with E-state index >= 15 is 0 Å². The lowest BCUT2D eigenvalue weighted by Crippen LogP contribution is -2.65. The summed E-state index contributed by atoms with van der Waals surface area (Å²) < 4.78 is 24.7. The third-order valence-corrected chi connectivity index (χ3v) is 10.9. The van der Waals surface area contributed by atoms with Gasteiger partial charge in [-0.1, -0.05) is 121 Å². The van der Waals surface area contributed by atoms with Crippen molar-refractivity contribution in [3.05, 3.63) is 72.4 Å². The highest BCUT2D eigenvalue weighted by Crippen LogP contribution is 2.47. The van der Waals surface area contributed by atoms with Crippen molar-refractivity contribution in [2.45, 2.75) is 136 Å². The molecule has 0 unspecified atom stereocenters. The van der Waals surface area contributed by atoms with Gasteiger partial charge in [0.25, 0.3) is 0 Å². The van der Waals surface area contributed by atoms with Crippen molar-refractivity contribution < 1.29 is 44.2 Å². The number of ether oxygens (including phenoxy) is 4. The van der Waals surface area contributed by atoms with Crippen molar-refractivity contribution in [3.8, 4) is 0 Å². The second-order valence-electron chi connectivity index (χ2n) is 15.0. The van der Waals surface area contributed by atoms with Crippen molar-refractivity contribution in [2.75, 3.05) is 14.2 Å². The summed E-state index contributed by atoms with van der Waals surface area (Å²) in [5.41, 5.74) is 1.26. The normalized spacial score (nSPS) is 32.3. The number of allylic oxidation sites excluding steroid dienone is 10. The first-order valence-corrected chi connectivity index (χ1v) is 18.8. The molecule has 4 N–H and O–H groups in total. The zero-order valence-electron chi connectivity index (χ0n) is 32.7. The van der Waals surface area contributed by atoms with E-state index in [-0.39, 0.29) is 54.1 Å². The van der Waals surface area contributed by atoms with E-state index in [0.717, 1.165) is 12.8 Å². The third kappa shape index (κ3) is 13.2. The van der Waals surface area contributed by atoms with Crippen LogP contribution in [-0.4, -0.2) is 89.1 Å². The van der Waals surface area contributed by atoms with E-state index in [9.17, 15) is 20.1 Å². The fourth-order valence-corrected chi connectivity index (χ4v) is 7.73. The number of aliphatic hydroxyl groups is 3. The Bertz CT molecular complexity index is 1220. The average molecular weight is 717 g/mol. The number of carboxylic acids is 1. The Kier molecular flexibility index (Phi) is 19.3. The lowest BCUT2D eigenvalue weighted by Gasteiger charge is -2.56. The largest absolute Gasteiger partial charge is 0.481 e. The van der Waals surface area contributed by atoms with Crippen molar-refractivity contribution in [2.24, 2.45) is 35.5 Å². The van der Waals surface area contributed by atoms with Gasteiger partial charge in [-0.05, 0) is 38.0 Å². The van der Waals surface area contributed by atoms with Gasteiger partial charge in [0.2, 0.25) is 0 Å². The summed E-state index contributed by atoms with van der Waals surface area (Å²) in [6, 6.07) is 0. The number of hydrogen-bond donors (Lipinski definition) is 4. The summed E-state index contributed by atoms with van der Waals surface area (Å²) in [6.45, 7) is 16.4. The molecule has 2 aliphatic rings. The first-order valence-electron chi connectivity index (χ1n) is 18.8. The molecular weight excluding hydrogens is 648 g/mol. The van der Waals surface area contributed by atoms with E-state index in [1.807, 2.05) is 70.2 Å². The number of hydrogen-bond acceptors (Lipinski definition) is 8. The van der Waals surface area contributed by atoms with Crippen LogP contribution in [0.1, 0.15) is 87.5 Å². The Hall–Kier alpha value is -2.37. The van der Waals surface area contributed by atoms with E-state index in [1.165, 1.54) is 12.7 Å². The molecule has 14 atom stereocenters. The van der Waals surface area contributed by atoms with Gasteiger partial charge < -0.3 is 39.4 Å². The predicted octanol–water partition coefficient (Wildman–Crippen LogP) is 7.19. The molecule has 9 nitrogen and oxygen atoms in total. The first kappa shape index (κ1) is 44.8. The van der Waals surface area contributed by atoms with Crippen LogP contribution in [0.5, 0.6) is 0 Å². The van der Waals surface area contributed by atoms with E-state index in [2.05, 4.69) is 33.8 Å². The summed E-state index contributed by atoms with van der Waals surface area (Å²) in [6.07, 6.45) is 19.5.